The van der Waals surface area contributed by atoms with Gasteiger partial charge in [-0.3, -0.25) is 4.79 Å². The van der Waals surface area contributed by atoms with Crippen molar-refractivity contribution in [2.75, 3.05) is 13.6 Å². The molecule has 128 valence electrons. The lowest BCUT2D eigenvalue weighted by Gasteiger charge is -2.29. The third-order valence-corrected chi connectivity index (χ3v) is 5.77. The SMILES string of the molecule is Cc1nc(C)c(C(C)N(C)C(=O)[C@@H]2CCC[C@@H]2CN)s1.Cl.Cl. The van der Waals surface area contributed by atoms with Gasteiger partial charge in [0, 0.05) is 17.8 Å². The summed E-state index contributed by atoms with van der Waals surface area (Å²) in [5, 5.41) is 1.06. The number of aromatic nitrogens is 1. The van der Waals surface area contributed by atoms with Gasteiger partial charge in [-0.1, -0.05) is 6.42 Å². The minimum Gasteiger partial charge on any atom is -0.338 e. The Morgan fingerprint density at radius 2 is 2.05 bits per heavy atom. The highest BCUT2D eigenvalue weighted by Crippen LogP contribution is 2.35. The van der Waals surface area contributed by atoms with Crippen LogP contribution in [0.5, 0.6) is 0 Å². The maximum atomic E-state index is 12.7. The van der Waals surface area contributed by atoms with Gasteiger partial charge in [0.15, 0.2) is 0 Å². The van der Waals surface area contributed by atoms with Gasteiger partial charge < -0.3 is 10.6 Å². The first-order valence-electron chi connectivity index (χ1n) is 7.36. The molecule has 4 nitrogen and oxygen atoms in total. The molecule has 1 aliphatic rings. The molecule has 0 saturated heterocycles. The molecule has 1 aliphatic carbocycles. The predicted molar refractivity (Wildman–Crippen MR) is 97.2 cm³/mol. The van der Waals surface area contributed by atoms with Crippen molar-refractivity contribution < 1.29 is 4.79 Å². The van der Waals surface area contributed by atoms with Crippen molar-refractivity contribution in [1.29, 1.82) is 0 Å². The summed E-state index contributed by atoms with van der Waals surface area (Å²) in [6, 6.07) is 0.0905. The Kier molecular flexibility index (Phi) is 8.91. The van der Waals surface area contributed by atoms with Gasteiger partial charge in [0.2, 0.25) is 5.91 Å². The first-order valence-corrected chi connectivity index (χ1v) is 8.18. The number of carbonyl (C=O) groups excluding carboxylic acids is 1. The molecule has 2 N–H and O–H groups in total. The standard InChI is InChI=1S/C15H25N3OS.2ClH/c1-9-14(20-11(3)17-9)10(2)18(4)15(19)13-7-5-6-12(13)8-16;;/h10,12-13H,5-8,16H2,1-4H3;2*1H/t10?,12-,13-;;/m1../s1. The van der Waals surface area contributed by atoms with Gasteiger partial charge in [-0.15, -0.1) is 36.2 Å². The first-order chi connectivity index (χ1) is 9.45. The van der Waals surface area contributed by atoms with E-state index in [9.17, 15) is 4.79 Å². The number of hydrogen-bond donors (Lipinski definition) is 1. The van der Waals surface area contributed by atoms with Gasteiger partial charge in [0.05, 0.1) is 16.7 Å². The van der Waals surface area contributed by atoms with Crippen molar-refractivity contribution in [2.24, 2.45) is 17.6 Å². The Bertz CT molecular complexity index is 495. The number of thiazole rings is 1. The summed E-state index contributed by atoms with van der Waals surface area (Å²) in [5.74, 6) is 0.721. The largest absolute Gasteiger partial charge is 0.338 e. The number of aryl methyl sites for hydroxylation is 2. The summed E-state index contributed by atoms with van der Waals surface area (Å²) in [4.78, 5) is 20.2. The minimum atomic E-state index is 0. The zero-order valence-corrected chi connectivity index (χ0v) is 16.1. The van der Waals surface area contributed by atoms with Crippen LogP contribution in [0.1, 0.15) is 47.8 Å². The Morgan fingerprint density at radius 3 is 2.55 bits per heavy atom. The van der Waals surface area contributed by atoms with E-state index in [1.54, 1.807) is 11.3 Å². The average molecular weight is 368 g/mol. The molecule has 1 aromatic rings. The van der Waals surface area contributed by atoms with Crippen LogP contribution >= 0.6 is 36.2 Å². The van der Waals surface area contributed by atoms with Crippen molar-refractivity contribution in [3.63, 3.8) is 0 Å². The number of nitrogens with zero attached hydrogens (tertiary/aromatic N) is 2. The molecule has 1 unspecified atom stereocenters. The Balaban J connectivity index is 0.00000220. The third kappa shape index (κ3) is 4.34. The van der Waals surface area contributed by atoms with Gasteiger partial charge in [-0.2, -0.15) is 0 Å². The highest BCUT2D eigenvalue weighted by Gasteiger charge is 2.35. The minimum absolute atomic E-state index is 0. The number of hydrogen-bond acceptors (Lipinski definition) is 4. The molecular weight excluding hydrogens is 341 g/mol. The number of amides is 1. The van der Waals surface area contributed by atoms with E-state index in [0.29, 0.717) is 12.5 Å². The van der Waals surface area contributed by atoms with Gasteiger partial charge in [0.1, 0.15) is 0 Å². The van der Waals surface area contributed by atoms with Crippen LogP contribution in [0.4, 0.5) is 0 Å². The summed E-state index contributed by atoms with van der Waals surface area (Å²) in [6.45, 7) is 6.74. The molecule has 0 spiro atoms. The van der Waals surface area contributed by atoms with Gasteiger partial charge in [0.25, 0.3) is 0 Å². The molecule has 22 heavy (non-hydrogen) atoms. The van der Waals surface area contributed by atoms with Crippen LogP contribution in [0, 0.1) is 25.7 Å². The van der Waals surface area contributed by atoms with Crippen LogP contribution in [0.15, 0.2) is 0 Å². The fraction of sp³-hybridized carbons (Fsp3) is 0.733. The van der Waals surface area contributed by atoms with Crippen molar-refractivity contribution in [2.45, 2.75) is 46.1 Å². The van der Waals surface area contributed by atoms with Crippen LogP contribution in [0.25, 0.3) is 0 Å². The second kappa shape index (κ2) is 9.06. The number of rotatable bonds is 4. The molecule has 2 rings (SSSR count). The van der Waals surface area contributed by atoms with Crippen LogP contribution in [-0.4, -0.2) is 29.4 Å². The molecule has 1 heterocycles. The van der Waals surface area contributed by atoms with Crippen LogP contribution in [0.2, 0.25) is 0 Å². The van der Waals surface area contributed by atoms with Gasteiger partial charge in [-0.05, 0) is 46.1 Å². The lowest BCUT2D eigenvalue weighted by atomic mass is 9.94. The van der Waals surface area contributed by atoms with E-state index >= 15 is 0 Å². The van der Waals surface area contributed by atoms with Crippen molar-refractivity contribution in [1.82, 2.24) is 9.88 Å². The lowest BCUT2D eigenvalue weighted by molar-refractivity contribution is -0.137. The quantitative estimate of drug-likeness (QED) is 0.885. The van der Waals surface area contributed by atoms with E-state index in [4.69, 9.17) is 5.73 Å². The molecule has 1 amide bonds. The second-order valence-electron chi connectivity index (χ2n) is 5.84. The van der Waals surface area contributed by atoms with E-state index in [1.807, 2.05) is 25.8 Å². The molecule has 1 aromatic heterocycles. The average Bonchev–Trinajstić information content (AvgIpc) is 3.02. The zero-order valence-electron chi connectivity index (χ0n) is 13.7. The number of nitrogens with two attached hydrogens (primary N) is 1. The summed E-state index contributed by atoms with van der Waals surface area (Å²) < 4.78 is 0. The molecule has 1 saturated carbocycles. The fourth-order valence-corrected chi connectivity index (χ4v) is 4.23. The lowest BCUT2D eigenvalue weighted by Crippen LogP contribution is -2.38. The van der Waals surface area contributed by atoms with E-state index in [0.717, 1.165) is 30.0 Å². The molecule has 0 radical (unpaired) electrons. The molecule has 7 heteroatoms. The Morgan fingerprint density at radius 1 is 1.41 bits per heavy atom. The third-order valence-electron chi connectivity index (χ3n) is 4.53. The number of halogens is 2. The van der Waals surface area contributed by atoms with Crippen LogP contribution in [0.3, 0.4) is 0 Å². The molecular formula is C15H27Cl2N3OS. The van der Waals surface area contributed by atoms with Crippen molar-refractivity contribution in [3.8, 4) is 0 Å². The summed E-state index contributed by atoms with van der Waals surface area (Å²) in [6.07, 6.45) is 3.20. The first kappa shape index (κ1) is 21.6. The Labute approximate surface area is 149 Å². The van der Waals surface area contributed by atoms with Crippen molar-refractivity contribution in [3.05, 3.63) is 15.6 Å². The summed E-state index contributed by atoms with van der Waals surface area (Å²) >= 11 is 1.69. The topological polar surface area (TPSA) is 59.2 Å². The zero-order chi connectivity index (χ0) is 14.9. The maximum Gasteiger partial charge on any atom is 0.226 e. The smallest absolute Gasteiger partial charge is 0.226 e. The fourth-order valence-electron chi connectivity index (χ4n) is 3.21. The molecule has 0 bridgehead atoms. The van der Waals surface area contributed by atoms with E-state index in [2.05, 4.69) is 11.9 Å². The monoisotopic (exact) mass is 367 g/mol. The van der Waals surface area contributed by atoms with E-state index in [1.165, 1.54) is 4.88 Å². The van der Waals surface area contributed by atoms with E-state index in [-0.39, 0.29) is 42.7 Å². The molecule has 0 aliphatic heterocycles. The predicted octanol–water partition coefficient (Wildman–Crippen LogP) is 3.50. The summed E-state index contributed by atoms with van der Waals surface area (Å²) in [5.41, 5.74) is 6.84. The summed E-state index contributed by atoms with van der Waals surface area (Å²) in [7, 11) is 1.91. The molecule has 1 fully saturated rings. The highest BCUT2D eigenvalue weighted by molar-refractivity contribution is 7.11. The van der Waals surface area contributed by atoms with Crippen LogP contribution in [-0.2, 0) is 4.79 Å². The highest BCUT2D eigenvalue weighted by atomic mass is 35.5. The Hall–Kier alpha value is -0.360. The number of carbonyl (C=O) groups is 1. The molecule has 0 aromatic carbocycles. The van der Waals surface area contributed by atoms with Crippen molar-refractivity contribution >= 4 is 42.1 Å². The van der Waals surface area contributed by atoms with Gasteiger partial charge in [-0.25, -0.2) is 4.98 Å². The molecule has 3 atom stereocenters. The normalized spacial score (nSPS) is 21.7. The van der Waals surface area contributed by atoms with Crippen LogP contribution < -0.4 is 5.73 Å². The second-order valence-corrected chi connectivity index (χ2v) is 7.08. The maximum absolute atomic E-state index is 12.7. The van der Waals surface area contributed by atoms with E-state index < -0.39 is 0 Å². The van der Waals surface area contributed by atoms with Gasteiger partial charge >= 0.3 is 0 Å².